The van der Waals surface area contributed by atoms with Crippen molar-refractivity contribution >= 4 is 33.6 Å². The molecule has 0 fully saturated rings. The average Bonchev–Trinajstić information content (AvgIpc) is 3.12. The minimum absolute atomic E-state index is 0.159. The third-order valence-electron chi connectivity index (χ3n) is 3.89. The maximum Gasteiger partial charge on any atom is 0.416 e. The second-order valence-electron chi connectivity index (χ2n) is 5.68. The van der Waals surface area contributed by atoms with Crippen LogP contribution in [-0.2, 0) is 11.0 Å². The molecule has 0 spiro atoms. The summed E-state index contributed by atoms with van der Waals surface area (Å²) in [6.45, 7) is 0. The monoisotopic (exact) mass is 389 g/mol. The number of carbonyl (C=O) groups excluding carboxylic acids is 1. The fourth-order valence-corrected chi connectivity index (χ4v) is 3.64. The summed E-state index contributed by atoms with van der Waals surface area (Å²) in [5.74, 6) is -0.884. The van der Waals surface area contributed by atoms with E-state index in [1.54, 1.807) is 24.3 Å². The highest BCUT2D eigenvalue weighted by Crippen LogP contribution is 2.36. The Morgan fingerprint density at radius 1 is 1.07 bits per heavy atom. The molecule has 9 heteroatoms. The SMILES string of the molecule is O=C1N=c2ccccc2=C1c1sc(Nc2cccc(C(F)(F)F)c2)nc1O. The van der Waals surface area contributed by atoms with Crippen molar-refractivity contribution in [1.29, 1.82) is 0 Å². The van der Waals surface area contributed by atoms with Crippen molar-refractivity contribution in [3.05, 3.63) is 69.5 Å². The Labute approximate surface area is 154 Å². The van der Waals surface area contributed by atoms with E-state index in [-0.39, 0.29) is 27.1 Å². The van der Waals surface area contributed by atoms with Gasteiger partial charge in [0, 0.05) is 10.9 Å². The Hall–Kier alpha value is -3.20. The van der Waals surface area contributed by atoms with E-state index in [0.29, 0.717) is 10.6 Å². The first-order valence-electron chi connectivity index (χ1n) is 7.70. The summed E-state index contributed by atoms with van der Waals surface area (Å²) >= 11 is 0.961. The van der Waals surface area contributed by atoms with Crippen molar-refractivity contribution in [3.63, 3.8) is 0 Å². The van der Waals surface area contributed by atoms with Gasteiger partial charge >= 0.3 is 6.18 Å². The number of aromatic nitrogens is 1. The van der Waals surface area contributed by atoms with Crippen LogP contribution in [0.25, 0.3) is 5.57 Å². The van der Waals surface area contributed by atoms with Gasteiger partial charge in [-0.2, -0.15) is 18.2 Å². The van der Waals surface area contributed by atoms with Gasteiger partial charge in [0.1, 0.15) is 4.88 Å². The van der Waals surface area contributed by atoms with Crippen LogP contribution in [0.15, 0.2) is 53.5 Å². The number of halogens is 3. The average molecular weight is 389 g/mol. The predicted octanol–water partition coefficient (Wildman–Crippen LogP) is 2.97. The first kappa shape index (κ1) is 17.2. The first-order chi connectivity index (χ1) is 12.8. The van der Waals surface area contributed by atoms with Gasteiger partial charge in [0.2, 0.25) is 5.88 Å². The number of hydrogen-bond acceptors (Lipinski definition) is 5. The molecule has 1 aromatic heterocycles. The molecule has 4 rings (SSSR count). The largest absolute Gasteiger partial charge is 0.492 e. The topological polar surface area (TPSA) is 74.6 Å². The lowest BCUT2D eigenvalue weighted by Gasteiger charge is -2.08. The number of rotatable bonds is 3. The molecule has 5 nitrogen and oxygen atoms in total. The van der Waals surface area contributed by atoms with Gasteiger partial charge in [-0.3, -0.25) is 4.79 Å². The smallest absolute Gasteiger partial charge is 0.416 e. The Morgan fingerprint density at radius 2 is 1.85 bits per heavy atom. The standard InChI is InChI=1S/C18H10F3N3O2S/c19-18(20,21)9-4-3-5-10(8-9)22-17-24-16(26)14(27-17)13-11-6-1-2-7-12(11)23-15(13)25/h1-8,26H,(H,22,24). The second-order valence-corrected chi connectivity index (χ2v) is 6.68. The van der Waals surface area contributed by atoms with Gasteiger partial charge in [-0.25, -0.2) is 4.99 Å². The number of nitrogens with one attached hydrogen (secondary N) is 1. The van der Waals surface area contributed by atoms with Gasteiger partial charge in [0.15, 0.2) is 5.13 Å². The summed E-state index contributed by atoms with van der Waals surface area (Å²) in [5, 5.41) is 14.1. The zero-order valence-corrected chi connectivity index (χ0v) is 14.2. The Morgan fingerprint density at radius 3 is 2.63 bits per heavy atom. The Bertz CT molecular complexity index is 1190. The van der Waals surface area contributed by atoms with Crippen LogP contribution in [0.5, 0.6) is 5.88 Å². The maximum absolute atomic E-state index is 12.8. The third-order valence-corrected chi connectivity index (χ3v) is 4.86. The summed E-state index contributed by atoms with van der Waals surface area (Å²) in [6.07, 6.45) is -4.47. The zero-order chi connectivity index (χ0) is 19.2. The van der Waals surface area contributed by atoms with Crippen LogP contribution < -0.4 is 15.9 Å². The molecule has 0 saturated heterocycles. The number of fused-ring (bicyclic) bond motifs is 1. The zero-order valence-electron chi connectivity index (χ0n) is 13.4. The fourth-order valence-electron chi connectivity index (χ4n) is 2.71. The van der Waals surface area contributed by atoms with Gasteiger partial charge in [-0.05, 0) is 24.3 Å². The lowest BCUT2D eigenvalue weighted by Crippen LogP contribution is -2.22. The molecule has 0 radical (unpaired) electrons. The van der Waals surface area contributed by atoms with Gasteiger partial charge < -0.3 is 10.4 Å². The molecule has 0 atom stereocenters. The van der Waals surface area contributed by atoms with E-state index in [4.69, 9.17) is 0 Å². The molecule has 3 aromatic rings. The summed E-state index contributed by atoms with van der Waals surface area (Å²) in [4.78, 5) is 20.3. The van der Waals surface area contributed by atoms with Gasteiger partial charge in [-0.15, -0.1) is 0 Å². The van der Waals surface area contributed by atoms with E-state index in [1.165, 1.54) is 12.1 Å². The van der Waals surface area contributed by atoms with Crippen molar-refractivity contribution < 1.29 is 23.1 Å². The van der Waals surface area contributed by atoms with E-state index in [0.717, 1.165) is 23.5 Å². The lowest BCUT2D eigenvalue weighted by atomic mass is 10.1. The van der Waals surface area contributed by atoms with Gasteiger partial charge in [-0.1, -0.05) is 35.6 Å². The molecule has 0 bridgehead atoms. The molecule has 27 heavy (non-hydrogen) atoms. The van der Waals surface area contributed by atoms with Crippen molar-refractivity contribution in [2.24, 2.45) is 4.99 Å². The number of alkyl halides is 3. The van der Waals surface area contributed by atoms with Crippen LogP contribution in [0.3, 0.4) is 0 Å². The maximum atomic E-state index is 12.8. The predicted molar refractivity (Wildman–Crippen MR) is 93.2 cm³/mol. The molecule has 2 N–H and O–H groups in total. The summed E-state index contributed by atoms with van der Waals surface area (Å²) in [7, 11) is 0. The number of amides is 1. The number of para-hydroxylation sites is 1. The van der Waals surface area contributed by atoms with Crippen LogP contribution >= 0.6 is 11.3 Å². The van der Waals surface area contributed by atoms with Gasteiger partial charge in [0.05, 0.1) is 16.5 Å². The van der Waals surface area contributed by atoms with E-state index >= 15 is 0 Å². The minimum atomic E-state index is -4.47. The minimum Gasteiger partial charge on any atom is -0.492 e. The number of thiazole rings is 1. The molecule has 1 amide bonds. The van der Waals surface area contributed by atoms with Crippen LogP contribution in [0.1, 0.15) is 10.4 Å². The molecule has 2 aromatic carbocycles. The number of carbonyl (C=O) groups is 1. The fraction of sp³-hybridized carbons (Fsp3) is 0.0556. The number of aromatic hydroxyl groups is 1. The highest BCUT2D eigenvalue weighted by molar-refractivity contribution is 7.17. The van der Waals surface area contributed by atoms with Crippen LogP contribution in [0, 0.1) is 0 Å². The molecule has 2 heterocycles. The van der Waals surface area contributed by atoms with Crippen molar-refractivity contribution in [1.82, 2.24) is 4.98 Å². The Kier molecular flexibility index (Phi) is 3.96. The molecule has 1 aliphatic heterocycles. The van der Waals surface area contributed by atoms with Crippen molar-refractivity contribution in [2.75, 3.05) is 5.32 Å². The summed E-state index contributed by atoms with van der Waals surface area (Å²) in [6, 6.07) is 11.5. The lowest BCUT2D eigenvalue weighted by molar-refractivity contribution is -0.137. The molecule has 1 aliphatic rings. The third kappa shape index (κ3) is 3.17. The number of hydrogen-bond donors (Lipinski definition) is 2. The Balaban J connectivity index is 1.72. The highest BCUT2D eigenvalue weighted by Gasteiger charge is 2.30. The van der Waals surface area contributed by atoms with Crippen LogP contribution in [0.4, 0.5) is 24.0 Å². The molecule has 0 saturated carbocycles. The summed E-state index contributed by atoms with van der Waals surface area (Å²) < 4.78 is 38.5. The number of benzene rings is 2. The normalized spacial score (nSPS) is 13.4. The van der Waals surface area contributed by atoms with E-state index in [1.807, 2.05) is 0 Å². The summed E-state index contributed by atoms with van der Waals surface area (Å²) in [5.41, 5.74) is -0.419. The molecular weight excluding hydrogens is 379 g/mol. The van der Waals surface area contributed by atoms with Crippen LogP contribution in [-0.4, -0.2) is 16.0 Å². The quantitative estimate of drug-likeness (QED) is 0.722. The second kappa shape index (κ2) is 6.20. The van der Waals surface area contributed by atoms with E-state index in [2.05, 4.69) is 15.3 Å². The molecular formula is C18H10F3N3O2S. The molecule has 0 aliphatic carbocycles. The highest BCUT2D eigenvalue weighted by atomic mass is 32.1. The van der Waals surface area contributed by atoms with E-state index < -0.39 is 17.6 Å². The first-order valence-corrected chi connectivity index (χ1v) is 8.51. The van der Waals surface area contributed by atoms with Crippen LogP contribution in [0.2, 0.25) is 0 Å². The molecule has 136 valence electrons. The number of anilines is 2. The molecule has 0 unspecified atom stereocenters. The van der Waals surface area contributed by atoms with Crippen molar-refractivity contribution in [3.8, 4) is 5.88 Å². The number of nitrogens with zero attached hydrogens (tertiary/aromatic N) is 2. The van der Waals surface area contributed by atoms with Gasteiger partial charge in [0.25, 0.3) is 5.91 Å². The van der Waals surface area contributed by atoms with E-state index in [9.17, 15) is 23.1 Å². The van der Waals surface area contributed by atoms with Crippen molar-refractivity contribution in [2.45, 2.75) is 6.18 Å².